The molecule has 5 heteroatoms. The number of nitrogens with one attached hydrogen (secondary N) is 1. The third-order valence-corrected chi connectivity index (χ3v) is 4.19. The van der Waals surface area contributed by atoms with Gasteiger partial charge in [0.2, 0.25) is 5.91 Å². The first-order valence-corrected chi connectivity index (χ1v) is 7.44. The van der Waals surface area contributed by atoms with Crippen LogP contribution in [0.5, 0.6) is 5.75 Å². The van der Waals surface area contributed by atoms with Gasteiger partial charge in [0.15, 0.2) is 0 Å². The maximum atomic E-state index is 12.0. The number of carbonyl (C=O) groups excluding carboxylic acids is 1. The predicted octanol–water partition coefficient (Wildman–Crippen LogP) is 2.67. The minimum Gasteiger partial charge on any atom is -0.488 e. The van der Waals surface area contributed by atoms with E-state index in [-0.39, 0.29) is 12.0 Å². The average Bonchev–Trinajstić information content (AvgIpc) is 3.12. The minimum absolute atomic E-state index is 0.218. The summed E-state index contributed by atoms with van der Waals surface area (Å²) in [6.45, 7) is 0. The fraction of sp³-hybridized carbons (Fsp3) is 0.500. The molecule has 2 saturated carbocycles. The maximum absolute atomic E-state index is 12.0. The third kappa shape index (κ3) is 3.17. The molecule has 2 aliphatic rings. The van der Waals surface area contributed by atoms with E-state index >= 15 is 0 Å². The van der Waals surface area contributed by atoms with Crippen molar-refractivity contribution in [2.45, 2.75) is 38.2 Å². The number of amides is 1. The van der Waals surface area contributed by atoms with Crippen molar-refractivity contribution in [3.8, 4) is 5.75 Å². The Morgan fingerprint density at radius 2 is 1.86 bits per heavy atom. The van der Waals surface area contributed by atoms with Crippen LogP contribution in [-0.2, 0) is 9.59 Å². The monoisotopic (exact) mass is 289 g/mol. The molecule has 5 nitrogen and oxygen atoms in total. The summed E-state index contributed by atoms with van der Waals surface area (Å²) in [5.41, 5.74) is 0.630. The van der Waals surface area contributed by atoms with E-state index in [9.17, 15) is 9.59 Å². The highest BCUT2D eigenvalue weighted by Crippen LogP contribution is 2.40. The van der Waals surface area contributed by atoms with Crippen LogP contribution in [0.4, 0.5) is 5.69 Å². The van der Waals surface area contributed by atoms with Gasteiger partial charge in [-0.25, -0.2) is 0 Å². The van der Waals surface area contributed by atoms with Gasteiger partial charge in [-0.1, -0.05) is 12.1 Å². The smallest absolute Gasteiger partial charge is 0.307 e. The lowest BCUT2D eigenvalue weighted by Gasteiger charge is -2.16. The minimum atomic E-state index is -0.898. The van der Waals surface area contributed by atoms with Gasteiger partial charge in [-0.05, 0) is 44.2 Å². The van der Waals surface area contributed by atoms with Crippen LogP contribution in [0.2, 0.25) is 0 Å². The number of rotatable bonds is 5. The van der Waals surface area contributed by atoms with E-state index in [1.807, 2.05) is 18.2 Å². The zero-order valence-electron chi connectivity index (χ0n) is 11.7. The number of hydrogen-bond acceptors (Lipinski definition) is 3. The summed E-state index contributed by atoms with van der Waals surface area (Å²) in [5.74, 6) is -1.41. The first-order valence-electron chi connectivity index (χ1n) is 7.44. The molecule has 0 aliphatic heterocycles. The fourth-order valence-electron chi connectivity index (χ4n) is 2.84. The average molecular weight is 289 g/mol. The van der Waals surface area contributed by atoms with Gasteiger partial charge >= 0.3 is 5.97 Å². The van der Waals surface area contributed by atoms with Gasteiger partial charge < -0.3 is 15.2 Å². The Balaban J connectivity index is 1.65. The SMILES string of the molecule is O=C(O)[C@H]1C[C@H]1C(=O)Nc1ccccc1OC1CCCC1. The normalized spacial score (nSPS) is 24.6. The van der Waals surface area contributed by atoms with Gasteiger partial charge in [-0.2, -0.15) is 0 Å². The first kappa shape index (κ1) is 13.9. The molecule has 0 aromatic heterocycles. The number of ether oxygens (including phenoxy) is 1. The Kier molecular flexibility index (Phi) is 3.82. The number of anilines is 1. The second-order valence-corrected chi connectivity index (χ2v) is 5.80. The van der Waals surface area contributed by atoms with Gasteiger partial charge in [-0.15, -0.1) is 0 Å². The van der Waals surface area contributed by atoms with E-state index in [2.05, 4.69) is 5.32 Å². The van der Waals surface area contributed by atoms with E-state index in [0.717, 1.165) is 12.8 Å². The van der Waals surface area contributed by atoms with Crippen LogP contribution in [0.25, 0.3) is 0 Å². The Labute approximate surface area is 123 Å². The van der Waals surface area contributed by atoms with E-state index < -0.39 is 17.8 Å². The molecule has 0 radical (unpaired) electrons. The van der Waals surface area contributed by atoms with Crippen molar-refractivity contribution in [2.75, 3.05) is 5.32 Å². The summed E-state index contributed by atoms with van der Waals surface area (Å²) in [4.78, 5) is 22.9. The summed E-state index contributed by atoms with van der Waals surface area (Å²) in [6.07, 6.45) is 5.10. The Morgan fingerprint density at radius 1 is 1.14 bits per heavy atom. The number of carboxylic acids is 1. The van der Waals surface area contributed by atoms with Crippen LogP contribution in [0.1, 0.15) is 32.1 Å². The number of carboxylic acid groups (broad SMARTS) is 1. The quantitative estimate of drug-likeness (QED) is 0.873. The second-order valence-electron chi connectivity index (χ2n) is 5.80. The van der Waals surface area contributed by atoms with Crippen molar-refractivity contribution >= 4 is 17.6 Å². The topological polar surface area (TPSA) is 75.6 Å². The summed E-state index contributed by atoms with van der Waals surface area (Å²) in [6, 6.07) is 7.34. The van der Waals surface area contributed by atoms with Crippen LogP contribution in [-0.4, -0.2) is 23.1 Å². The molecule has 1 aromatic carbocycles. The summed E-state index contributed by atoms with van der Waals surface area (Å²) >= 11 is 0. The standard InChI is InChI=1S/C16H19NO4/c18-15(11-9-12(11)16(19)20)17-13-7-3-4-8-14(13)21-10-5-1-2-6-10/h3-4,7-8,10-12H,1-2,5-6,9H2,(H,17,18)(H,19,20)/t11-,12+/m1/s1. The van der Waals surface area contributed by atoms with Crippen LogP contribution in [0.3, 0.4) is 0 Å². The van der Waals surface area contributed by atoms with Gasteiger partial charge in [0.05, 0.1) is 23.6 Å². The largest absolute Gasteiger partial charge is 0.488 e. The number of para-hydroxylation sites is 2. The first-order chi connectivity index (χ1) is 10.1. The van der Waals surface area contributed by atoms with Crippen molar-refractivity contribution < 1.29 is 19.4 Å². The van der Waals surface area contributed by atoms with Gasteiger partial charge in [-0.3, -0.25) is 9.59 Å². The molecule has 112 valence electrons. The number of benzene rings is 1. The van der Waals surface area contributed by atoms with Gasteiger partial charge in [0, 0.05) is 0 Å². The van der Waals surface area contributed by atoms with Crippen molar-refractivity contribution in [1.82, 2.24) is 0 Å². The molecule has 1 aromatic rings. The van der Waals surface area contributed by atoms with Crippen LogP contribution >= 0.6 is 0 Å². The van der Waals surface area contributed by atoms with E-state index in [1.165, 1.54) is 12.8 Å². The number of hydrogen-bond donors (Lipinski definition) is 2. The van der Waals surface area contributed by atoms with Crippen molar-refractivity contribution in [3.63, 3.8) is 0 Å². The molecule has 0 bridgehead atoms. The highest BCUT2D eigenvalue weighted by molar-refractivity contribution is 5.99. The van der Waals surface area contributed by atoms with E-state index in [0.29, 0.717) is 17.9 Å². The van der Waals surface area contributed by atoms with Crippen molar-refractivity contribution in [2.24, 2.45) is 11.8 Å². The second kappa shape index (κ2) is 5.76. The Morgan fingerprint density at radius 3 is 2.52 bits per heavy atom. The highest BCUT2D eigenvalue weighted by Gasteiger charge is 2.48. The highest BCUT2D eigenvalue weighted by atomic mass is 16.5. The van der Waals surface area contributed by atoms with Crippen LogP contribution in [0, 0.1) is 11.8 Å². The zero-order valence-corrected chi connectivity index (χ0v) is 11.7. The van der Waals surface area contributed by atoms with Crippen molar-refractivity contribution in [3.05, 3.63) is 24.3 Å². The number of carbonyl (C=O) groups is 2. The number of aliphatic carboxylic acids is 1. The van der Waals surface area contributed by atoms with E-state index in [1.54, 1.807) is 6.07 Å². The van der Waals surface area contributed by atoms with Gasteiger partial charge in [0.1, 0.15) is 5.75 Å². The van der Waals surface area contributed by atoms with Crippen molar-refractivity contribution in [1.29, 1.82) is 0 Å². The van der Waals surface area contributed by atoms with Gasteiger partial charge in [0.25, 0.3) is 0 Å². The van der Waals surface area contributed by atoms with Crippen LogP contribution in [0.15, 0.2) is 24.3 Å². The maximum Gasteiger partial charge on any atom is 0.307 e. The lowest BCUT2D eigenvalue weighted by molar-refractivity contribution is -0.139. The summed E-state index contributed by atoms with van der Waals surface area (Å²) in [5, 5.41) is 11.7. The summed E-state index contributed by atoms with van der Waals surface area (Å²) < 4.78 is 5.95. The molecule has 2 fully saturated rings. The zero-order chi connectivity index (χ0) is 14.8. The van der Waals surface area contributed by atoms with E-state index in [4.69, 9.17) is 9.84 Å². The third-order valence-electron chi connectivity index (χ3n) is 4.19. The molecule has 1 amide bonds. The van der Waals surface area contributed by atoms with Crippen LogP contribution < -0.4 is 10.1 Å². The molecule has 0 heterocycles. The molecule has 2 aliphatic carbocycles. The molecular weight excluding hydrogens is 270 g/mol. The molecule has 0 saturated heterocycles. The summed E-state index contributed by atoms with van der Waals surface area (Å²) in [7, 11) is 0. The molecule has 21 heavy (non-hydrogen) atoms. The molecule has 0 spiro atoms. The fourth-order valence-corrected chi connectivity index (χ4v) is 2.84. The molecule has 3 rings (SSSR count). The molecular formula is C16H19NO4. The molecule has 0 unspecified atom stereocenters. The Hall–Kier alpha value is -2.04. The Bertz CT molecular complexity index is 551. The predicted molar refractivity (Wildman–Crippen MR) is 77.2 cm³/mol. The molecule has 2 N–H and O–H groups in total. The molecule has 2 atom stereocenters. The lowest BCUT2D eigenvalue weighted by atomic mass is 10.2. The lowest BCUT2D eigenvalue weighted by Crippen LogP contribution is -2.18.